The zero-order chi connectivity index (χ0) is 22.0. The predicted molar refractivity (Wildman–Crippen MR) is 112 cm³/mol. The van der Waals surface area contributed by atoms with Crippen LogP contribution in [0, 0.1) is 5.82 Å². The van der Waals surface area contributed by atoms with E-state index in [0.717, 1.165) is 12.8 Å². The lowest BCUT2D eigenvalue weighted by Gasteiger charge is -2.38. The average molecular weight is 449 g/mol. The molecule has 2 aliphatic rings. The molecule has 2 saturated heterocycles. The first-order valence-corrected chi connectivity index (χ1v) is 10.3. The van der Waals surface area contributed by atoms with E-state index in [1.54, 1.807) is 12.1 Å². The number of carbonyl (C=O) groups excluding carboxylic acids is 2. The first-order valence-electron chi connectivity index (χ1n) is 9.97. The summed E-state index contributed by atoms with van der Waals surface area (Å²) in [5.74, 6) is 0.224. The van der Waals surface area contributed by atoms with Gasteiger partial charge in [-0.05, 0) is 43.2 Å². The summed E-state index contributed by atoms with van der Waals surface area (Å²) in [6.07, 6.45) is 4.52. The standard InChI is InChI=1S/C21H22ClFN4O4/c22-12-7-18(26-21(24)29)20(25-10-12)30-11-19(28)27-14-3-4-15(27)9-17(8-14)31-16-5-1-13(23)2-6-16/h1-2,5-7,10,14-15,17H,3-4,8-9,11H2,(H3,24,26,29). The van der Waals surface area contributed by atoms with Crippen LogP contribution < -0.4 is 20.5 Å². The van der Waals surface area contributed by atoms with Crippen LogP contribution in [0.3, 0.4) is 0 Å². The number of hydrogen-bond donors (Lipinski definition) is 2. The van der Waals surface area contributed by atoms with Crippen LogP contribution in [0.1, 0.15) is 25.7 Å². The maximum atomic E-state index is 13.1. The topological polar surface area (TPSA) is 107 Å². The minimum Gasteiger partial charge on any atom is -0.490 e. The summed E-state index contributed by atoms with van der Waals surface area (Å²) in [7, 11) is 0. The Morgan fingerprint density at radius 1 is 1.23 bits per heavy atom. The Labute approximate surface area is 183 Å². The highest BCUT2D eigenvalue weighted by Crippen LogP contribution is 2.37. The largest absolute Gasteiger partial charge is 0.490 e. The number of aromatic nitrogens is 1. The number of primary amides is 1. The highest BCUT2D eigenvalue weighted by Gasteiger charge is 2.44. The van der Waals surface area contributed by atoms with Gasteiger partial charge in [0.15, 0.2) is 6.61 Å². The van der Waals surface area contributed by atoms with E-state index in [9.17, 15) is 14.0 Å². The summed E-state index contributed by atoms with van der Waals surface area (Å²) in [6, 6.07) is 6.72. The monoisotopic (exact) mass is 448 g/mol. The van der Waals surface area contributed by atoms with Crippen molar-refractivity contribution in [2.24, 2.45) is 5.73 Å². The number of nitrogens with two attached hydrogens (primary N) is 1. The van der Waals surface area contributed by atoms with Crippen LogP contribution in [0.4, 0.5) is 14.9 Å². The van der Waals surface area contributed by atoms with E-state index in [2.05, 4.69) is 10.3 Å². The number of nitrogens with one attached hydrogen (secondary N) is 1. The van der Waals surface area contributed by atoms with Gasteiger partial charge in [0.25, 0.3) is 5.91 Å². The number of halogens is 2. The average Bonchev–Trinajstić information content (AvgIpc) is 2.99. The Hall–Kier alpha value is -3.07. The van der Waals surface area contributed by atoms with Gasteiger partial charge >= 0.3 is 6.03 Å². The maximum Gasteiger partial charge on any atom is 0.316 e. The summed E-state index contributed by atoms with van der Waals surface area (Å²) < 4.78 is 24.7. The van der Waals surface area contributed by atoms with Gasteiger partial charge in [0.1, 0.15) is 23.4 Å². The minimum absolute atomic E-state index is 0.0303. The van der Waals surface area contributed by atoms with Crippen LogP contribution in [-0.2, 0) is 4.79 Å². The van der Waals surface area contributed by atoms with Crippen molar-refractivity contribution in [1.82, 2.24) is 9.88 Å². The number of hydrogen-bond acceptors (Lipinski definition) is 5. The summed E-state index contributed by atoms with van der Waals surface area (Å²) in [5, 5.41) is 2.68. The molecule has 2 fully saturated rings. The van der Waals surface area contributed by atoms with E-state index in [1.807, 2.05) is 4.90 Å². The van der Waals surface area contributed by atoms with Crippen molar-refractivity contribution < 1.29 is 23.5 Å². The second kappa shape index (κ2) is 8.97. The lowest BCUT2D eigenvalue weighted by molar-refractivity contribution is -0.139. The molecule has 3 heterocycles. The fourth-order valence-corrected chi connectivity index (χ4v) is 4.46. The molecule has 3 amide bonds. The number of nitrogens with zero attached hydrogens (tertiary/aromatic N) is 2. The van der Waals surface area contributed by atoms with Crippen LogP contribution in [0.2, 0.25) is 5.02 Å². The van der Waals surface area contributed by atoms with Crippen molar-refractivity contribution in [2.75, 3.05) is 11.9 Å². The summed E-state index contributed by atoms with van der Waals surface area (Å²) >= 11 is 5.89. The smallest absolute Gasteiger partial charge is 0.316 e. The molecule has 4 rings (SSSR count). The Balaban J connectivity index is 1.36. The quantitative estimate of drug-likeness (QED) is 0.704. The zero-order valence-corrected chi connectivity index (χ0v) is 17.3. The minimum atomic E-state index is -0.790. The fraction of sp³-hybridized carbons (Fsp3) is 0.381. The Morgan fingerprint density at radius 2 is 1.90 bits per heavy atom. The van der Waals surface area contributed by atoms with Crippen molar-refractivity contribution in [3.05, 3.63) is 47.4 Å². The molecule has 0 radical (unpaired) electrons. The molecule has 2 aliphatic heterocycles. The highest BCUT2D eigenvalue weighted by molar-refractivity contribution is 6.30. The molecule has 1 aromatic heterocycles. The molecule has 0 spiro atoms. The summed E-state index contributed by atoms with van der Waals surface area (Å²) in [5.41, 5.74) is 5.35. The first kappa shape index (κ1) is 21.2. The molecule has 164 valence electrons. The van der Waals surface area contributed by atoms with Gasteiger partial charge in [-0.3, -0.25) is 4.79 Å². The molecule has 1 aromatic carbocycles. The molecule has 8 nitrogen and oxygen atoms in total. The molecule has 2 atom stereocenters. The fourth-order valence-electron chi connectivity index (χ4n) is 4.30. The predicted octanol–water partition coefficient (Wildman–Crippen LogP) is 3.34. The first-order chi connectivity index (χ1) is 14.9. The van der Waals surface area contributed by atoms with E-state index < -0.39 is 6.03 Å². The second-order valence-corrected chi connectivity index (χ2v) is 8.07. The van der Waals surface area contributed by atoms with Crippen molar-refractivity contribution in [3.8, 4) is 11.6 Å². The Bertz CT molecular complexity index is 960. The number of ether oxygens (including phenoxy) is 2. The number of rotatable bonds is 6. The number of fused-ring (bicyclic) bond motifs is 2. The van der Waals surface area contributed by atoms with Gasteiger partial charge < -0.3 is 25.4 Å². The van der Waals surface area contributed by atoms with E-state index in [4.69, 9.17) is 26.8 Å². The summed E-state index contributed by atoms with van der Waals surface area (Å²) in [6.45, 7) is -0.224. The van der Waals surface area contributed by atoms with Crippen molar-refractivity contribution in [3.63, 3.8) is 0 Å². The van der Waals surface area contributed by atoms with Crippen LogP contribution in [0.15, 0.2) is 36.5 Å². The SMILES string of the molecule is NC(=O)Nc1cc(Cl)cnc1OCC(=O)N1C2CCC1CC(Oc1ccc(F)cc1)C2. The zero-order valence-electron chi connectivity index (χ0n) is 16.6. The Kier molecular flexibility index (Phi) is 6.13. The van der Waals surface area contributed by atoms with E-state index in [-0.39, 0.29) is 48.1 Å². The highest BCUT2D eigenvalue weighted by atomic mass is 35.5. The number of piperidine rings is 1. The normalized spacial score (nSPS) is 22.1. The number of pyridine rings is 1. The van der Waals surface area contributed by atoms with Crippen LogP contribution in [0.5, 0.6) is 11.6 Å². The van der Waals surface area contributed by atoms with Gasteiger partial charge in [0.05, 0.1) is 5.02 Å². The van der Waals surface area contributed by atoms with Crippen LogP contribution >= 0.6 is 11.6 Å². The van der Waals surface area contributed by atoms with Gasteiger partial charge in [-0.15, -0.1) is 0 Å². The molecule has 3 N–H and O–H groups in total. The molecule has 10 heteroatoms. The molecular formula is C21H22ClFN4O4. The van der Waals surface area contributed by atoms with E-state index >= 15 is 0 Å². The summed E-state index contributed by atoms with van der Waals surface area (Å²) in [4.78, 5) is 29.9. The number of amides is 3. The van der Waals surface area contributed by atoms with E-state index in [0.29, 0.717) is 23.6 Å². The van der Waals surface area contributed by atoms with Crippen LogP contribution in [-0.4, -0.2) is 46.6 Å². The third-order valence-electron chi connectivity index (χ3n) is 5.50. The van der Waals surface area contributed by atoms with Crippen molar-refractivity contribution in [2.45, 2.75) is 43.9 Å². The lowest BCUT2D eigenvalue weighted by Crippen LogP contribution is -2.50. The molecule has 0 aliphatic carbocycles. The van der Waals surface area contributed by atoms with Gasteiger partial charge in [-0.1, -0.05) is 11.6 Å². The van der Waals surface area contributed by atoms with Crippen molar-refractivity contribution in [1.29, 1.82) is 0 Å². The van der Waals surface area contributed by atoms with Gasteiger partial charge in [0, 0.05) is 31.1 Å². The Morgan fingerprint density at radius 3 is 2.55 bits per heavy atom. The van der Waals surface area contributed by atoms with Gasteiger partial charge in [-0.25, -0.2) is 14.2 Å². The molecule has 31 heavy (non-hydrogen) atoms. The third kappa shape index (κ3) is 4.99. The van der Waals surface area contributed by atoms with Crippen molar-refractivity contribution >= 4 is 29.2 Å². The third-order valence-corrected chi connectivity index (χ3v) is 5.71. The molecule has 0 saturated carbocycles. The second-order valence-electron chi connectivity index (χ2n) is 7.64. The lowest BCUT2D eigenvalue weighted by atomic mass is 9.99. The number of carbonyl (C=O) groups is 2. The van der Waals surface area contributed by atoms with E-state index in [1.165, 1.54) is 24.4 Å². The number of benzene rings is 1. The van der Waals surface area contributed by atoms with Crippen LogP contribution in [0.25, 0.3) is 0 Å². The number of anilines is 1. The maximum absolute atomic E-state index is 13.1. The molecule has 2 bridgehead atoms. The molecular weight excluding hydrogens is 427 g/mol. The molecule has 2 unspecified atom stereocenters. The number of urea groups is 1. The van der Waals surface area contributed by atoms with Gasteiger partial charge in [0.2, 0.25) is 5.88 Å². The molecule has 2 aromatic rings. The van der Waals surface area contributed by atoms with Gasteiger partial charge in [-0.2, -0.15) is 0 Å².